The Labute approximate surface area is 59.5 Å². The molecule has 1 fully saturated rings. The molecule has 1 amide bonds. The van der Waals surface area contributed by atoms with Crippen LogP contribution >= 0.6 is 0 Å². The predicted octanol–water partition coefficient (Wildman–Crippen LogP) is 0.130. The van der Waals surface area contributed by atoms with E-state index in [9.17, 15) is 4.79 Å². The van der Waals surface area contributed by atoms with Gasteiger partial charge in [-0.25, -0.2) is 4.79 Å². The lowest BCUT2D eigenvalue weighted by Crippen LogP contribution is -2.37. The van der Waals surface area contributed by atoms with E-state index in [1.165, 1.54) is 0 Å². The van der Waals surface area contributed by atoms with Gasteiger partial charge in [0.1, 0.15) is 6.61 Å². The zero-order chi connectivity index (χ0) is 7.56. The summed E-state index contributed by atoms with van der Waals surface area (Å²) in [5.74, 6) is 0. The second-order valence-electron chi connectivity index (χ2n) is 2.29. The molecule has 1 aliphatic heterocycles. The summed E-state index contributed by atoms with van der Waals surface area (Å²) >= 11 is 0. The summed E-state index contributed by atoms with van der Waals surface area (Å²) in [4.78, 5) is 10.5. The second kappa shape index (κ2) is 2.88. The Balaban J connectivity index is 2.36. The van der Waals surface area contributed by atoms with Crippen molar-refractivity contribution in [2.75, 3.05) is 13.7 Å². The van der Waals surface area contributed by atoms with E-state index in [0.717, 1.165) is 0 Å². The Morgan fingerprint density at radius 3 is 3.00 bits per heavy atom. The average molecular weight is 145 g/mol. The number of rotatable bonds is 2. The Morgan fingerprint density at radius 1 is 1.90 bits per heavy atom. The quantitative estimate of drug-likeness (QED) is 0.600. The fraction of sp³-hybridized carbons (Fsp3) is 0.833. The van der Waals surface area contributed by atoms with E-state index < -0.39 is 0 Å². The monoisotopic (exact) mass is 145 g/mol. The van der Waals surface area contributed by atoms with Gasteiger partial charge in [-0.2, -0.15) is 0 Å². The van der Waals surface area contributed by atoms with E-state index >= 15 is 0 Å². The lowest BCUT2D eigenvalue weighted by molar-refractivity contribution is 0.0839. The van der Waals surface area contributed by atoms with Gasteiger partial charge in [0.25, 0.3) is 0 Å². The molecule has 1 unspecified atom stereocenters. The highest BCUT2D eigenvalue weighted by Gasteiger charge is 2.26. The van der Waals surface area contributed by atoms with Crippen molar-refractivity contribution < 1.29 is 14.3 Å². The van der Waals surface area contributed by atoms with Crippen LogP contribution in [0.2, 0.25) is 0 Å². The van der Waals surface area contributed by atoms with Crippen LogP contribution < -0.4 is 5.32 Å². The summed E-state index contributed by atoms with van der Waals surface area (Å²) in [6.45, 7) is 2.30. The Morgan fingerprint density at radius 2 is 2.60 bits per heavy atom. The fourth-order valence-corrected chi connectivity index (χ4v) is 0.817. The molecule has 0 aromatic rings. The summed E-state index contributed by atoms with van der Waals surface area (Å²) < 4.78 is 9.65. The molecule has 1 aliphatic rings. The van der Waals surface area contributed by atoms with Gasteiger partial charge in [-0.3, -0.25) is 0 Å². The third-order valence-electron chi connectivity index (χ3n) is 1.64. The molecule has 1 saturated heterocycles. The number of carbonyl (C=O) groups is 1. The molecular formula is C6H11NO3. The number of hydrogen-bond donors (Lipinski definition) is 1. The SMILES string of the molecule is CO[C@@H](C)C1COC(=O)N1. The Kier molecular flexibility index (Phi) is 2.11. The van der Waals surface area contributed by atoms with Gasteiger partial charge in [-0.05, 0) is 6.92 Å². The number of alkyl carbamates (subject to hydrolysis) is 1. The van der Waals surface area contributed by atoms with Gasteiger partial charge in [-0.1, -0.05) is 0 Å². The van der Waals surface area contributed by atoms with Crippen LogP contribution in [0.5, 0.6) is 0 Å². The normalized spacial score (nSPS) is 27.4. The van der Waals surface area contributed by atoms with E-state index in [2.05, 4.69) is 10.1 Å². The van der Waals surface area contributed by atoms with Crippen molar-refractivity contribution in [2.24, 2.45) is 0 Å². The smallest absolute Gasteiger partial charge is 0.407 e. The maximum Gasteiger partial charge on any atom is 0.407 e. The maximum atomic E-state index is 10.5. The molecule has 0 radical (unpaired) electrons. The highest BCUT2D eigenvalue weighted by Crippen LogP contribution is 2.04. The van der Waals surface area contributed by atoms with E-state index in [4.69, 9.17) is 4.74 Å². The summed E-state index contributed by atoms with van der Waals surface area (Å²) in [5.41, 5.74) is 0. The number of nitrogens with one attached hydrogen (secondary N) is 1. The van der Waals surface area contributed by atoms with Crippen molar-refractivity contribution in [1.82, 2.24) is 5.32 Å². The van der Waals surface area contributed by atoms with Crippen molar-refractivity contribution in [1.29, 1.82) is 0 Å². The van der Waals surface area contributed by atoms with Crippen LogP contribution in [0.4, 0.5) is 4.79 Å². The molecule has 1 N–H and O–H groups in total. The molecule has 0 saturated carbocycles. The molecule has 2 atom stereocenters. The van der Waals surface area contributed by atoms with Crippen LogP contribution in [0, 0.1) is 0 Å². The Bertz CT molecular complexity index is 137. The first kappa shape index (κ1) is 7.34. The van der Waals surface area contributed by atoms with Crippen molar-refractivity contribution in [3.63, 3.8) is 0 Å². The summed E-state index contributed by atoms with van der Waals surface area (Å²) in [6, 6.07) is 0.0116. The van der Waals surface area contributed by atoms with E-state index in [1.807, 2.05) is 6.92 Å². The first-order valence-corrected chi connectivity index (χ1v) is 3.20. The van der Waals surface area contributed by atoms with Gasteiger partial charge >= 0.3 is 6.09 Å². The molecule has 0 bridgehead atoms. The second-order valence-corrected chi connectivity index (χ2v) is 2.29. The van der Waals surface area contributed by atoms with Crippen LogP contribution in [-0.2, 0) is 9.47 Å². The molecule has 0 aromatic carbocycles. The molecule has 58 valence electrons. The number of methoxy groups -OCH3 is 1. The van der Waals surface area contributed by atoms with Gasteiger partial charge in [0.05, 0.1) is 12.1 Å². The largest absolute Gasteiger partial charge is 0.447 e. The van der Waals surface area contributed by atoms with Gasteiger partial charge in [-0.15, -0.1) is 0 Å². The number of hydrogen-bond acceptors (Lipinski definition) is 3. The first-order chi connectivity index (χ1) is 4.74. The van der Waals surface area contributed by atoms with E-state index in [1.54, 1.807) is 7.11 Å². The topological polar surface area (TPSA) is 47.6 Å². The molecule has 4 heteroatoms. The number of amides is 1. The number of carbonyl (C=O) groups excluding carboxylic acids is 1. The molecule has 0 aromatic heterocycles. The van der Waals surface area contributed by atoms with E-state index in [0.29, 0.717) is 6.61 Å². The lowest BCUT2D eigenvalue weighted by Gasteiger charge is -2.13. The standard InChI is InChI=1S/C6H11NO3/c1-4(9-2)5-3-10-6(8)7-5/h4-5H,3H2,1-2H3,(H,7,8)/t4-,5?/m0/s1. The lowest BCUT2D eigenvalue weighted by atomic mass is 10.2. The van der Waals surface area contributed by atoms with Crippen LogP contribution in [0.25, 0.3) is 0 Å². The molecule has 1 heterocycles. The highest BCUT2D eigenvalue weighted by molar-refractivity contribution is 5.69. The van der Waals surface area contributed by atoms with Gasteiger partial charge < -0.3 is 14.8 Å². The molecule has 10 heavy (non-hydrogen) atoms. The third-order valence-corrected chi connectivity index (χ3v) is 1.64. The number of ether oxygens (including phenoxy) is 2. The Hall–Kier alpha value is -0.770. The summed E-state index contributed by atoms with van der Waals surface area (Å²) in [5, 5.41) is 2.62. The average Bonchev–Trinajstić information content (AvgIpc) is 2.34. The van der Waals surface area contributed by atoms with Crippen LogP contribution in [0.1, 0.15) is 6.92 Å². The molecular weight excluding hydrogens is 134 g/mol. The van der Waals surface area contributed by atoms with Crippen molar-refractivity contribution in [3.05, 3.63) is 0 Å². The van der Waals surface area contributed by atoms with Gasteiger partial charge in [0, 0.05) is 7.11 Å². The van der Waals surface area contributed by atoms with Crippen LogP contribution in [-0.4, -0.2) is 32.0 Å². The summed E-state index contributed by atoms with van der Waals surface area (Å²) in [6.07, 6.45) is -0.333. The van der Waals surface area contributed by atoms with Crippen molar-refractivity contribution in [2.45, 2.75) is 19.1 Å². The highest BCUT2D eigenvalue weighted by atomic mass is 16.6. The molecule has 0 spiro atoms. The molecule has 1 rings (SSSR count). The van der Waals surface area contributed by atoms with Crippen molar-refractivity contribution in [3.8, 4) is 0 Å². The minimum absolute atomic E-state index is 0.0116. The minimum atomic E-state index is -0.353. The van der Waals surface area contributed by atoms with Gasteiger partial charge in [0.15, 0.2) is 0 Å². The minimum Gasteiger partial charge on any atom is -0.447 e. The predicted molar refractivity (Wildman–Crippen MR) is 34.7 cm³/mol. The van der Waals surface area contributed by atoms with E-state index in [-0.39, 0.29) is 18.2 Å². The van der Waals surface area contributed by atoms with Crippen LogP contribution in [0.3, 0.4) is 0 Å². The summed E-state index contributed by atoms with van der Waals surface area (Å²) in [7, 11) is 1.61. The number of cyclic esters (lactones) is 1. The molecule has 0 aliphatic carbocycles. The zero-order valence-electron chi connectivity index (χ0n) is 6.09. The van der Waals surface area contributed by atoms with Crippen LogP contribution in [0.15, 0.2) is 0 Å². The fourth-order valence-electron chi connectivity index (χ4n) is 0.817. The maximum absolute atomic E-state index is 10.5. The zero-order valence-corrected chi connectivity index (χ0v) is 6.09. The van der Waals surface area contributed by atoms with Crippen molar-refractivity contribution >= 4 is 6.09 Å². The third kappa shape index (κ3) is 1.39. The van der Waals surface area contributed by atoms with Gasteiger partial charge in [0.2, 0.25) is 0 Å². The first-order valence-electron chi connectivity index (χ1n) is 3.20. The molecule has 4 nitrogen and oxygen atoms in total.